The number of likely N-dealkylation sites (tertiary alicyclic amines) is 2. The lowest BCUT2D eigenvalue weighted by Crippen LogP contribution is -2.49. The lowest BCUT2D eigenvalue weighted by molar-refractivity contribution is -0.192. The maximum Gasteiger partial charge on any atom is 0.490 e. The van der Waals surface area contributed by atoms with E-state index in [4.69, 9.17) is 14.3 Å². The van der Waals surface area contributed by atoms with Crippen LogP contribution in [0.1, 0.15) is 17.9 Å². The van der Waals surface area contributed by atoms with Crippen LogP contribution in [0.25, 0.3) is 0 Å². The van der Waals surface area contributed by atoms with Crippen LogP contribution in [0.2, 0.25) is 0 Å². The van der Waals surface area contributed by atoms with Gasteiger partial charge in [-0.1, -0.05) is 0 Å². The summed E-state index contributed by atoms with van der Waals surface area (Å²) in [5.41, 5.74) is 0. The lowest BCUT2D eigenvalue weighted by Gasteiger charge is -2.34. The number of fused-ring (bicyclic) bond motifs is 1. The van der Waals surface area contributed by atoms with Gasteiger partial charge in [0.2, 0.25) is 11.8 Å². The molecule has 1 N–H and O–H groups in total. The van der Waals surface area contributed by atoms with Gasteiger partial charge in [0.25, 0.3) is 0 Å². The number of aryl methyl sites for hydroxylation is 1. The summed E-state index contributed by atoms with van der Waals surface area (Å²) in [4.78, 5) is 39.0. The molecule has 0 bridgehead atoms. The second kappa shape index (κ2) is 9.50. The Morgan fingerprint density at radius 2 is 1.90 bits per heavy atom. The number of likely N-dealkylation sites (N-methyl/N-ethyl adjacent to an activating group) is 1. The number of hydrogen-bond acceptors (Lipinski definition) is 5. The monoisotopic (exact) mass is 433 g/mol. The lowest BCUT2D eigenvalue weighted by atomic mass is 9.88. The highest BCUT2D eigenvalue weighted by Gasteiger charge is 2.43. The Labute approximate surface area is 172 Å². The predicted octanol–water partition coefficient (Wildman–Crippen LogP) is 1.59. The number of aliphatic carboxylic acids is 1. The van der Waals surface area contributed by atoms with E-state index >= 15 is 0 Å². The average molecular weight is 433 g/mol. The summed E-state index contributed by atoms with van der Waals surface area (Å²) in [5.74, 6) is -0.340. The van der Waals surface area contributed by atoms with Gasteiger partial charge in [0.15, 0.2) is 0 Å². The van der Waals surface area contributed by atoms with Crippen molar-refractivity contribution < 1.29 is 37.1 Å². The molecule has 168 valence electrons. The van der Waals surface area contributed by atoms with Crippen molar-refractivity contribution >= 4 is 17.8 Å². The normalized spacial score (nSPS) is 21.7. The van der Waals surface area contributed by atoms with Crippen LogP contribution in [0.15, 0.2) is 16.5 Å². The molecule has 1 aromatic heterocycles. The standard InChI is InChI=1S/C17H25N3O3.C2HF3O2/c1-12-4-5-14(23-12)9-19-8-13-6-7-20(11-16(21)18(2)3)17(22)15(13)10-19;3-2(4,5)1(6)7/h4-5,13,15H,6-11H2,1-3H3;(H,6,7)/t13-,15-;/m0./s1. The molecule has 2 saturated heterocycles. The minimum absolute atomic E-state index is 0.0160. The molecule has 2 amide bonds. The Morgan fingerprint density at radius 1 is 1.27 bits per heavy atom. The molecular weight excluding hydrogens is 407 g/mol. The second-order valence-electron chi connectivity index (χ2n) is 7.71. The van der Waals surface area contributed by atoms with E-state index in [1.807, 2.05) is 19.1 Å². The fourth-order valence-corrected chi connectivity index (χ4v) is 3.58. The Balaban J connectivity index is 0.000000396. The van der Waals surface area contributed by atoms with E-state index < -0.39 is 12.1 Å². The van der Waals surface area contributed by atoms with Crippen LogP contribution < -0.4 is 0 Å². The first-order chi connectivity index (χ1) is 13.9. The van der Waals surface area contributed by atoms with E-state index in [1.165, 1.54) is 0 Å². The molecule has 2 aliphatic rings. The summed E-state index contributed by atoms with van der Waals surface area (Å²) in [6.07, 6.45) is -4.11. The van der Waals surface area contributed by atoms with Crippen LogP contribution in [0.4, 0.5) is 13.2 Å². The minimum atomic E-state index is -5.08. The van der Waals surface area contributed by atoms with Crippen molar-refractivity contribution in [1.82, 2.24) is 14.7 Å². The number of piperidine rings is 1. The van der Waals surface area contributed by atoms with E-state index in [1.54, 1.807) is 23.9 Å². The van der Waals surface area contributed by atoms with Gasteiger partial charge < -0.3 is 19.3 Å². The van der Waals surface area contributed by atoms with Crippen molar-refractivity contribution in [2.45, 2.75) is 26.1 Å². The number of nitrogens with zero attached hydrogens (tertiary/aromatic N) is 3. The van der Waals surface area contributed by atoms with E-state index in [9.17, 15) is 22.8 Å². The molecular formula is C19H26F3N3O5. The highest BCUT2D eigenvalue weighted by molar-refractivity contribution is 5.86. The van der Waals surface area contributed by atoms with Gasteiger partial charge in [0.05, 0.1) is 19.0 Å². The Kier molecular flexibility index (Phi) is 7.51. The molecule has 8 nitrogen and oxygen atoms in total. The van der Waals surface area contributed by atoms with Crippen LogP contribution in [-0.4, -0.2) is 84.0 Å². The number of carbonyl (C=O) groups excluding carboxylic acids is 2. The molecule has 3 heterocycles. The molecule has 2 fully saturated rings. The highest BCUT2D eigenvalue weighted by Crippen LogP contribution is 2.33. The number of amides is 2. The van der Waals surface area contributed by atoms with Crippen LogP contribution in [0.5, 0.6) is 0 Å². The molecule has 11 heteroatoms. The van der Waals surface area contributed by atoms with Gasteiger partial charge in [-0.2, -0.15) is 13.2 Å². The predicted molar refractivity (Wildman–Crippen MR) is 99.3 cm³/mol. The zero-order chi connectivity index (χ0) is 22.6. The summed E-state index contributed by atoms with van der Waals surface area (Å²) in [6.45, 7) is 5.28. The first-order valence-electron chi connectivity index (χ1n) is 9.45. The number of carbonyl (C=O) groups is 3. The first kappa shape index (κ1) is 23.7. The van der Waals surface area contributed by atoms with Crippen LogP contribution in [0.3, 0.4) is 0 Å². The second-order valence-corrected chi connectivity index (χ2v) is 7.71. The fraction of sp³-hybridized carbons (Fsp3) is 0.632. The molecule has 0 radical (unpaired) electrons. The zero-order valence-electron chi connectivity index (χ0n) is 17.1. The summed E-state index contributed by atoms with van der Waals surface area (Å²) >= 11 is 0. The van der Waals surface area contributed by atoms with E-state index in [2.05, 4.69) is 4.90 Å². The number of carboxylic acid groups (broad SMARTS) is 1. The van der Waals surface area contributed by atoms with Gasteiger partial charge in [-0.05, 0) is 31.4 Å². The average Bonchev–Trinajstić information content (AvgIpc) is 3.23. The molecule has 0 spiro atoms. The third kappa shape index (κ3) is 6.22. The van der Waals surface area contributed by atoms with Crippen molar-refractivity contribution in [3.8, 4) is 0 Å². The van der Waals surface area contributed by atoms with E-state index in [0.717, 1.165) is 37.6 Å². The van der Waals surface area contributed by atoms with E-state index in [0.29, 0.717) is 12.5 Å². The number of furan rings is 1. The van der Waals surface area contributed by atoms with Gasteiger partial charge >= 0.3 is 12.1 Å². The van der Waals surface area contributed by atoms with E-state index in [-0.39, 0.29) is 24.3 Å². The van der Waals surface area contributed by atoms with Gasteiger partial charge in [-0.15, -0.1) is 0 Å². The molecule has 30 heavy (non-hydrogen) atoms. The maximum absolute atomic E-state index is 12.7. The van der Waals surface area contributed by atoms with Crippen molar-refractivity contribution in [3.05, 3.63) is 23.7 Å². The number of rotatable bonds is 4. The van der Waals surface area contributed by atoms with Gasteiger partial charge in [-0.3, -0.25) is 14.5 Å². The van der Waals surface area contributed by atoms with Gasteiger partial charge in [-0.25, -0.2) is 4.79 Å². The third-order valence-corrected chi connectivity index (χ3v) is 5.16. The van der Waals surface area contributed by atoms with Crippen molar-refractivity contribution in [2.24, 2.45) is 11.8 Å². The van der Waals surface area contributed by atoms with Gasteiger partial charge in [0.1, 0.15) is 11.5 Å². The number of hydrogen-bond donors (Lipinski definition) is 1. The SMILES string of the molecule is Cc1ccc(CN2C[C@@H]3CCN(CC(=O)N(C)C)C(=O)[C@H]3C2)o1.O=C(O)C(F)(F)F. The summed E-state index contributed by atoms with van der Waals surface area (Å²) in [5, 5.41) is 7.12. The van der Waals surface area contributed by atoms with Crippen LogP contribution in [-0.2, 0) is 20.9 Å². The van der Waals surface area contributed by atoms with Crippen molar-refractivity contribution in [2.75, 3.05) is 40.3 Å². The number of carboxylic acids is 1. The first-order valence-corrected chi connectivity index (χ1v) is 9.45. The number of alkyl halides is 3. The van der Waals surface area contributed by atoms with Crippen LogP contribution in [0, 0.1) is 18.8 Å². The Morgan fingerprint density at radius 3 is 2.40 bits per heavy atom. The summed E-state index contributed by atoms with van der Waals surface area (Å²) in [6, 6.07) is 3.97. The molecule has 0 unspecified atom stereocenters. The Bertz CT molecular complexity index is 778. The highest BCUT2D eigenvalue weighted by atomic mass is 19.4. The molecule has 2 atom stereocenters. The third-order valence-electron chi connectivity index (χ3n) is 5.16. The summed E-state index contributed by atoms with van der Waals surface area (Å²) in [7, 11) is 3.45. The molecule has 1 aromatic rings. The maximum atomic E-state index is 12.7. The number of halogens is 3. The summed E-state index contributed by atoms with van der Waals surface area (Å²) < 4.78 is 37.4. The molecule has 3 rings (SSSR count). The van der Waals surface area contributed by atoms with Crippen molar-refractivity contribution in [3.63, 3.8) is 0 Å². The fourth-order valence-electron chi connectivity index (χ4n) is 3.58. The molecule has 2 aliphatic heterocycles. The Hall–Kier alpha value is -2.56. The smallest absolute Gasteiger partial charge is 0.475 e. The molecule has 0 aliphatic carbocycles. The largest absolute Gasteiger partial charge is 0.490 e. The molecule has 0 saturated carbocycles. The van der Waals surface area contributed by atoms with Gasteiger partial charge in [0, 0.05) is 33.7 Å². The molecule has 0 aromatic carbocycles. The quantitative estimate of drug-likeness (QED) is 0.775. The van der Waals surface area contributed by atoms with Crippen molar-refractivity contribution in [1.29, 1.82) is 0 Å². The zero-order valence-corrected chi connectivity index (χ0v) is 17.1. The van der Waals surface area contributed by atoms with Crippen LogP contribution >= 0.6 is 0 Å². The minimum Gasteiger partial charge on any atom is -0.475 e. The topological polar surface area (TPSA) is 94.3 Å².